The van der Waals surface area contributed by atoms with E-state index in [-0.39, 0.29) is 0 Å². The van der Waals surface area contributed by atoms with Crippen LogP contribution in [0.25, 0.3) is 0 Å². The fourth-order valence-electron chi connectivity index (χ4n) is 4.32. The average molecular weight is 259 g/mol. The molecule has 104 valence electrons. The van der Waals surface area contributed by atoms with Gasteiger partial charge in [0.25, 0.3) is 0 Å². The smallest absolute Gasteiger partial charge is 0.119 e. The zero-order valence-electron chi connectivity index (χ0n) is 12.2. The van der Waals surface area contributed by atoms with Gasteiger partial charge in [-0.05, 0) is 68.0 Å². The highest BCUT2D eigenvalue weighted by molar-refractivity contribution is 5.43. The summed E-state index contributed by atoms with van der Waals surface area (Å²) in [5.74, 6) is 1.83. The molecule has 1 fully saturated rings. The second kappa shape index (κ2) is 5.16. The summed E-state index contributed by atoms with van der Waals surface area (Å²) in [5, 5.41) is 3.60. The van der Waals surface area contributed by atoms with E-state index in [0.717, 1.165) is 18.2 Å². The van der Waals surface area contributed by atoms with Gasteiger partial charge < -0.3 is 10.1 Å². The van der Waals surface area contributed by atoms with Gasteiger partial charge in [-0.15, -0.1) is 0 Å². The predicted molar refractivity (Wildman–Crippen MR) is 78.9 cm³/mol. The first-order valence-corrected chi connectivity index (χ1v) is 7.68. The van der Waals surface area contributed by atoms with Crippen molar-refractivity contribution in [3.63, 3.8) is 0 Å². The number of ether oxygens (including phenoxy) is 1. The van der Waals surface area contributed by atoms with Gasteiger partial charge in [0.1, 0.15) is 5.75 Å². The topological polar surface area (TPSA) is 21.3 Å². The molecule has 0 saturated carbocycles. The van der Waals surface area contributed by atoms with E-state index in [2.05, 4.69) is 30.4 Å². The lowest BCUT2D eigenvalue weighted by Gasteiger charge is -2.49. The number of hydrogen-bond donors (Lipinski definition) is 1. The second-order valence-electron chi connectivity index (χ2n) is 6.12. The number of fused-ring (bicyclic) bond motifs is 3. The molecule has 19 heavy (non-hydrogen) atoms. The van der Waals surface area contributed by atoms with Gasteiger partial charge >= 0.3 is 0 Å². The zero-order valence-corrected chi connectivity index (χ0v) is 12.2. The van der Waals surface area contributed by atoms with E-state index in [9.17, 15) is 0 Å². The first-order valence-electron chi connectivity index (χ1n) is 7.68. The molecule has 0 aromatic heterocycles. The van der Waals surface area contributed by atoms with Gasteiger partial charge in [-0.25, -0.2) is 0 Å². The lowest BCUT2D eigenvalue weighted by Crippen LogP contribution is -2.50. The van der Waals surface area contributed by atoms with Gasteiger partial charge in [0.2, 0.25) is 0 Å². The Bertz CT molecular complexity index is 453. The van der Waals surface area contributed by atoms with E-state index in [1.54, 1.807) is 18.2 Å². The number of rotatable bonds is 3. The zero-order chi connectivity index (χ0) is 13.3. The molecule has 1 aromatic carbocycles. The first kappa shape index (κ1) is 13.0. The lowest BCUT2D eigenvalue weighted by atomic mass is 9.58. The van der Waals surface area contributed by atoms with Crippen molar-refractivity contribution < 1.29 is 4.74 Å². The summed E-state index contributed by atoms with van der Waals surface area (Å²) in [6.45, 7) is 4.67. The van der Waals surface area contributed by atoms with Crippen LogP contribution in [0.2, 0.25) is 0 Å². The fourth-order valence-corrected chi connectivity index (χ4v) is 4.32. The van der Waals surface area contributed by atoms with Crippen molar-refractivity contribution in [1.29, 1.82) is 0 Å². The molecule has 1 heterocycles. The van der Waals surface area contributed by atoms with Crippen LogP contribution >= 0.6 is 0 Å². The summed E-state index contributed by atoms with van der Waals surface area (Å²) in [6.07, 6.45) is 6.45. The Morgan fingerprint density at radius 2 is 2.32 bits per heavy atom. The number of hydrogen-bond acceptors (Lipinski definition) is 2. The minimum atomic E-state index is 0.405. The maximum atomic E-state index is 5.47. The van der Waals surface area contributed by atoms with Gasteiger partial charge in [-0.1, -0.05) is 19.4 Å². The summed E-state index contributed by atoms with van der Waals surface area (Å²) < 4.78 is 5.47. The largest absolute Gasteiger partial charge is 0.497 e. The van der Waals surface area contributed by atoms with E-state index in [0.29, 0.717) is 5.41 Å². The van der Waals surface area contributed by atoms with Crippen LogP contribution < -0.4 is 10.1 Å². The number of piperidine rings is 1. The highest BCUT2D eigenvalue weighted by Gasteiger charge is 2.44. The molecule has 0 amide bonds. The molecule has 0 bridgehead atoms. The third-order valence-corrected chi connectivity index (χ3v) is 5.23. The van der Waals surface area contributed by atoms with Crippen LogP contribution in [0.5, 0.6) is 5.75 Å². The molecule has 1 saturated heterocycles. The van der Waals surface area contributed by atoms with Gasteiger partial charge in [0, 0.05) is 5.41 Å². The Hall–Kier alpha value is -1.02. The van der Waals surface area contributed by atoms with Crippen molar-refractivity contribution in [3.8, 4) is 5.75 Å². The highest BCUT2D eigenvalue weighted by Crippen LogP contribution is 2.49. The highest BCUT2D eigenvalue weighted by atomic mass is 16.5. The SMILES string of the molecule is CCC[C@@]12CCNC[C@@H]1CCc1ccc(OC)cc12. The van der Waals surface area contributed by atoms with E-state index >= 15 is 0 Å². The van der Waals surface area contributed by atoms with Crippen LogP contribution in [-0.2, 0) is 11.8 Å². The first-order chi connectivity index (χ1) is 9.30. The van der Waals surface area contributed by atoms with E-state index < -0.39 is 0 Å². The van der Waals surface area contributed by atoms with E-state index in [1.165, 1.54) is 38.6 Å². The van der Waals surface area contributed by atoms with Crippen molar-refractivity contribution in [3.05, 3.63) is 29.3 Å². The standard InChI is InChI=1S/C17H25NO/c1-3-8-17-9-10-18-12-14(17)6-4-13-5-7-15(19-2)11-16(13)17/h5,7,11,14,18H,3-4,6,8-10,12H2,1-2H3/t14-,17+/m0/s1. The minimum absolute atomic E-state index is 0.405. The Kier molecular flexibility index (Phi) is 3.53. The minimum Gasteiger partial charge on any atom is -0.497 e. The molecular formula is C17H25NO. The molecule has 2 atom stereocenters. The molecule has 2 heteroatoms. The number of methoxy groups -OCH3 is 1. The van der Waals surface area contributed by atoms with Crippen LogP contribution in [0.3, 0.4) is 0 Å². The molecule has 3 rings (SSSR count). The Labute approximate surface area is 116 Å². The molecule has 2 aliphatic rings. The molecule has 1 aliphatic carbocycles. The summed E-state index contributed by atoms with van der Waals surface area (Å²) in [6, 6.07) is 6.74. The summed E-state index contributed by atoms with van der Waals surface area (Å²) in [5.41, 5.74) is 3.56. The average Bonchev–Trinajstić information content (AvgIpc) is 2.47. The molecule has 1 aromatic rings. The molecule has 0 unspecified atom stereocenters. The van der Waals surface area contributed by atoms with E-state index in [4.69, 9.17) is 4.74 Å². The van der Waals surface area contributed by atoms with Crippen molar-refractivity contribution in [2.24, 2.45) is 5.92 Å². The molecule has 1 aliphatic heterocycles. The van der Waals surface area contributed by atoms with Crippen LogP contribution in [0.1, 0.15) is 43.7 Å². The molecule has 1 N–H and O–H groups in total. The Morgan fingerprint density at radius 1 is 1.42 bits per heavy atom. The molecule has 0 radical (unpaired) electrons. The summed E-state index contributed by atoms with van der Waals surface area (Å²) >= 11 is 0. The van der Waals surface area contributed by atoms with Crippen LogP contribution in [0, 0.1) is 5.92 Å². The van der Waals surface area contributed by atoms with Crippen LogP contribution in [-0.4, -0.2) is 20.2 Å². The third kappa shape index (κ3) is 2.06. The van der Waals surface area contributed by atoms with Crippen molar-refractivity contribution in [1.82, 2.24) is 5.32 Å². The quantitative estimate of drug-likeness (QED) is 0.899. The predicted octanol–water partition coefficient (Wildman–Crippen LogP) is 3.29. The van der Waals surface area contributed by atoms with Crippen molar-refractivity contribution in [2.75, 3.05) is 20.2 Å². The Balaban J connectivity index is 2.09. The summed E-state index contributed by atoms with van der Waals surface area (Å²) in [7, 11) is 1.77. The maximum absolute atomic E-state index is 5.47. The van der Waals surface area contributed by atoms with Gasteiger partial charge in [-0.2, -0.15) is 0 Å². The Morgan fingerprint density at radius 3 is 3.11 bits per heavy atom. The molecule has 2 nitrogen and oxygen atoms in total. The van der Waals surface area contributed by atoms with Crippen molar-refractivity contribution in [2.45, 2.75) is 44.4 Å². The molecule has 0 spiro atoms. The monoisotopic (exact) mass is 259 g/mol. The van der Waals surface area contributed by atoms with Crippen LogP contribution in [0.4, 0.5) is 0 Å². The normalized spacial score (nSPS) is 29.5. The van der Waals surface area contributed by atoms with Crippen LogP contribution in [0.15, 0.2) is 18.2 Å². The number of aryl methyl sites for hydroxylation is 1. The summed E-state index contributed by atoms with van der Waals surface area (Å²) in [4.78, 5) is 0. The van der Waals surface area contributed by atoms with Gasteiger partial charge in [0.15, 0.2) is 0 Å². The lowest BCUT2D eigenvalue weighted by molar-refractivity contribution is 0.160. The third-order valence-electron chi connectivity index (χ3n) is 5.23. The van der Waals surface area contributed by atoms with Crippen molar-refractivity contribution >= 4 is 0 Å². The number of nitrogens with one attached hydrogen (secondary N) is 1. The van der Waals surface area contributed by atoms with Gasteiger partial charge in [0.05, 0.1) is 7.11 Å². The second-order valence-corrected chi connectivity index (χ2v) is 6.12. The maximum Gasteiger partial charge on any atom is 0.119 e. The fraction of sp³-hybridized carbons (Fsp3) is 0.647. The number of benzene rings is 1. The molecular weight excluding hydrogens is 234 g/mol. The van der Waals surface area contributed by atoms with Gasteiger partial charge in [-0.3, -0.25) is 0 Å². The van der Waals surface area contributed by atoms with E-state index in [1.807, 2.05) is 0 Å².